The van der Waals surface area contributed by atoms with Crippen molar-refractivity contribution in [3.63, 3.8) is 0 Å². The molecule has 1 aromatic rings. The lowest BCUT2D eigenvalue weighted by atomic mass is 9.54. The van der Waals surface area contributed by atoms with Gasteiger partial charge in [0.25, 0.3) is 0 Å². The van der Waals surface area contributed by atoms with Crippen LogP contribution in [0.15, 0.2) is 18.2 Å². The van der Waals surface area contributed by atoms with Gasteiger partial charge in [0.05, 0.1) is 6.10 Å². The summed E-state index contributed by atoms with van der Waals surface area (Å²) in [5.74, 6) is 1.97. The quantitative estimate of drug-likeness (QED) is 0.647. The van der Waals surface area contributed by atoms with Gasteiger partial charge in [-0.1, -0.05) is 30.7 Å². The van der Waals surface area contributed by atoms with Crippen molar-refractivity contribution in [1.82, 2.24) is 0 Å². The van der Waals surface area contributed by atoms with Crippen LogP contribution in [0.1, 0.15) is 86.8 Å². The van der Waals surface area contributed by atoms with Crippen molar-refractivity contribution in [2.75, 3.05) is 6.61 Å². The van der Waals surface area contributed by atoms with E-state index in [1.165, 1.54) is 55.1 Å². The van der Waals surface area contributed by atoms with Crippen LogP contribution in [0.3, 0.4) is 0 Å². The molecule has 5 unspecified atom stereocenters. The first-order chi connectivity index (χ1) is 13.6. The number of carbonyl (C=O) groups is 1. The van der Waals surface area contributed by atoms with Crippen molar-refractivity contribution < 1.29 is 14.3 Å². The van der Waals surface area contributed by atoms with Gasteiger partial charge in [-0.2, -0.15) is 0 Å². The summed E-state index contributed by atoms with van der Waals surface area (Å²) in [7, 11) is 0. The van der Waals surface area contributed by atoms with E-state index in [1.807, 2.05) is 0 Å². The number of aryl methyl sites for hydroxylation is 1. The van der Waals surface area contributed by atoms with Crippen LogP contribution in [-0.4, -0.2) is 25.3 Å². The number of benzene rings is 1. The van der Waals surface area contributed by atoms with Crippen molar-refractivity contribution in [3.05, 3.63) is 34.9 Å². The molecule has 1 aliphatic heterocycles. The molecule has 5 rings (SSSR count). The first-order valence-corrected chi connectivity index (χ1v) is 11.4. The lowest BCUT2D eigenvalue weighted by molar-refractivity contribution is -0.213. The molecule has 7 atom stereocenters. The molecule has 0 N–H and O–H groups in total. The molecule has 3 heteroatoms. The molecule has 1 heterocycles. The fraction of sp³-hybridized carbons (Fsp3) is 0.720. The van der Waals surface area contributed by atoms with Gasteiger partial charge in [0, 0.05) is 12.5 Å². The Labute approximate surface area is 169 Å². The number of rotatable bonds is 3. The van der Waals surface area contributed by atoms with Gasteiger partial charge in [0.1, 0.15) is 6.29 Å². The molecule has 1 saturated heterocycles. The number of hydrogen-bond acceptors (Lipinski definition) is 3. The van der Waals surface area contributed by atoms with E-state index in [-0.39, 0.29) is 17.6 Å². The summed E-state index contributed by atoms with van der Waals surface area (Å²) in [4.78, 5) is 12.0. The zero-order valence-electron chi connectivity index (χ0n) is 17.4. The lowest BCUT2D eigenvalue weighted by Crippen LogP contribution is -2.46. The summed E-state index contributed by atoms with van der Waals surface area (Å²) in [6.45, 7) is 5.45. The van der Waals surface area contributed by atoms with E-state index in [0.29, 0.717) is 23.9 Å². The highest BCUT2D eigenvalue weighted by molar-refractivity contribution is 5.65. The second-order valence-electron chi connectivity index (χ2n) is 10.0. The Hall–Kier alpha value is -1.19. The second kappa shape index (κ2) is 7.25. The summed E-state index contributed by atoms with van der Waals surface area (Å²) in [6, 6.07) is 6.82. The molecule has 3 aliphatic carbocycles. The third kappa shape index (κ3) is 2.97. The van der Waals surface area contributed by atoms with Gasteiger partial charge in [0.15, 0.2) is 6.29 Å². The van der Waals surface area contributed by atoms with Crippen LogP contribution in [0.25, 0.3) is 0 Å². The van der Waals surface area contributed by atoms with Gasteiger partial charge in [-0.15, -0.1) is 0 Å². The maximum absolute atomic E-state index is 12.0. The highest BCUT2D eigenvalue weighted by Crippen LogP contribution is 2.63. The zero-order valence-corrected chi connectivity index (χ0v) is 17.4. The van der Waals surface area contributed by atoms with E-state index in [4.69, 9.17) is 9.47 Å². The van der Waals surface area contributed by atoms with Gasteiger partial charge < -0.3 is 14.3 Å². The van der Waals surface area contributed by atoms with Crippen molar-refractivity contribution in [2.24, 2.45) is 17.3 Å². The second-order valence-corrected chi connectivity index (χ2v) is 10.0. The summed E-state index contributed by atoms with van der Waals surface area (Å²) < 4.78 is 12.4. The largest absolute Gasteiger partial charge is 0.353 e. The van der Waals surface area contributed by atoms with Gasteiger partial charge in [-0.25, -0.2) is 0 Å². The maximum Gasteiger partial charge on any atom is 0.157 e. The van der Waals surface area contributed by atoms with Crippen LogP contribution >= 0.6 is 0 Å². The monoisotopic (exact) mass is 382 g/mol. The number of hydrogen-bond donors (Lipinski definition) is 0. The Morgan fingerprint density at radius 3 is 2.82 bits per heavy atom. The van der Waals surface area contributed by atoms with Crippen molar-refractivity contribution in [3.8, 4) is 0 Å². The van der Waals surface area contributed by atoms with Crippen molar-refractivity contribution >= 4 is 6.29 Å². The molecule has 28 heavy (non-hydrogen) atoms. The molecule has 0 spiro atoms. The number of ether oxygens (including phenoxy) is 2. The van der Waals surface area contributed by atoms with E-state index < -0.39 is 0 Å². The third-order valence-electron chi connectivity index (χ3n) is 8.54. The van der Waals surface area contributed by atoms with E-state index >= 15 is 0 Å². The van der Waals surface area contributed by atoms with E-state index in [1.54, 1.807) is 0 Å². The fourth-order valence-corrected chi connectivity index (χ4v) is 7.08. The summed E-state index contributed by atoms with van der Waals surface area (Å²) in [5.41, 5.74) is 4.27. The van der Waals surface area contributed by atoms with Gasteiger partial charge in [0.2, 0.25) is 0 Å². The number of fused-ring (bicyclic) bond motifs is 5. The molecule has 3 fully saturated rings. The molecule has 3 nitrogen and oxygen atoms in total. The number of aldehydes is 1. The summed E-state index contributed by atoms with van der Waals surface area (Å²) >= 11 is 0. The molecular formula is C25H34O3. The van der Waals surface area contributed by atoms with Crippen LogP contribution in [0.4, 0.5) is 0 Å². The Morgan fingerprint density at radius 2 is 2.04 bits per heavy atom. The minimum Gasteiger partial charge on any atom is -0.353 e. The van der Waals surface area contributed by atoms with E-state index in [9.17, 15) is 4.79 Å². The van der Waals surface area contributed by atoms with Gasteiger partial charge >= 0.3 is 0 Å². The summed E-state index contributed by atoms with van der Waals surface area (Å²) in [5, 5.41) is 0. The number of carbonyl (C=O) groups excluding carboxylic acids is 1. The van der Waals surface area contributed by atoms with Crippen LogP contribution in [0.2, 0.25) is 0 Å². The van der Waals surface area contributed by atoms with Gasteiger partial charge in [-0.3, -0.25) is 0 Å². The molecule has 0 aromatic heterocycles. The SMILES string of the molecule is Cc1ccc2c(c1)C(C=O)CC1C2CC[C@@]2(C)C1CC[C@@H]2OC1CCCCO1. The van der Waals surface area contributed by atoms with Crippen molar-refractivity contribution in [1.29, 1.82) is 0 Å². The molecule has 152 valence electrons. The van der Waals surface area contributed by atoms with E-state index in [2.05, 4.69) is 32.0 Å². The smallest absolute Gasteiger partial charge is 0.157 e. The predicted octanol–water partition coefficient (Wildman–Crippen LogP) is 5.50. The predicted molar refractivity (Wildman–Crippen MR) is 109 cm³/mol. The van der Waals surface area contributed by atoms with E-state index in [0.717, 1.165) is 25.9 Å². The molecule has 2 saturated carbocycles. The Kier molecular flexibility index (Phi) is 4.87. The zero-order chi connectivity index (χ0) is 19.3. The first kappa shape index (κ1) is 18.8. The highest BCUT2D eigenvalue weighted by Gasteiger charge is 2.56. The molecule has 1 aromatic carbocycles. The summed E-state index contributed by atoms with van der Waals surface area (Å²) in [6.07, 6.45) is 10.8. The normalized spacial score (nSPS) is 42.4. The molecule has 0 radical (unpaired) electrons. The highest BCUT2D eigenvalue weighted by atomic mass is 16.7. The molecular weight excluding hydrogens is 348 g/mol. The Balaban J connectivity index is 1.40. The van der Waals surface area contributed by atoms with Crippen LogP contribution in [-0.2, 0) is 14.3 Å². The first-order valence-electron chi connectivity index (χ1n) is 11.4. The van der Waals surface area contributed by atoms with Crippen molar-refractivity contribution in [2.45, 2.75) is 89.4 Å². The van der Waals surface area contributed by atoms with Gasteiger partial charge in [-0.05, 0) is 92.6 Å². The molecule has 4 aliphatic rings. The van der Waals surface area contributed by atoms with Crippen LogP contribution in [0, 0.1) is 24.2 Å². The molecule has 0 bridgehead atoms. The minimum atomic E-state index is 0.00447. The standard InChI is InChI=1S/C25H34O3/c1-16-6-7-18-19-10-11-25(2)22(21(19)14-17(15-26)20(18)13-16)8-9-23(25)28-24-5-3-4-12-27-24/h6-7,13,15,17,19,21-24H,3-5,8-12,14H2,1-2H3/t17?,19?,21?,22?,23-,24?,25-/m0/s1. The third-order valence-corrected chi connectivity index (χ3v) is 8.54. The molecule has 0 amide bonds. The average molecular weight is 383 g/mol. The maximum atomic E-state index is 12.0. The Morgan fingerprint density at radius 1 is 1.14 bits per heavy atom. The topological polar surface area (TPSA) is 35.5 Å². The fourth-order valence-electron chi connectivity index (χ4n) is 7.08. The Bertz CT molecular complexity index is 737. The van der Waals surface area contributed by atoms with Crippen LogP contribution < -0.4 is 0 Å². The lowest BCUT2D eigenvalue weighted by Gasteiger charge is -2.52. The van der Waals surface area contributed by atoms with Crippen LogP contribution in [0.5, 0.6) is 0 Å². The minimum absolute atomic E-state index is 0.00447. The average Bonchev–Trinajstić information content (AvgIpc) is 3.04.